The van der Waals surface area contributed by atoms with Crippen molar-refractivity contribution in [1.82, 2.24) is 14.8 Å². The number of aromatic amines is 1. The number of aliphatic hydroxyl groups excluding tert-OH is 1. The second-order valence-corrected chi connectivity index (χ2v) is 11.0. The van der Waals surface area contributed by atoms with Crippen LogP contribution >= 0.6 is 23.2 Å². The zero-order chi connectivity index (χ0) is 25.1. The summed E-state index contributed by atoms with van der Waals surface area (Å²) in [4.78, 5) is 20.5. The van der Waals surface area contributed by atoms with Gasteiger partial charge in [-0.3, -0.25) is 4.90 Å². The number of nitrogens with one attached hydrogen (secondary N) is 2. The summed E-state index contributed by atoms with van der Waals surface area (Å²) >= 11 is 12.0. The number of carbonyl (C=O) groups excluding carboxylic acids is 1. The zero-order valence-electron chi connectivity index (χ0n) is 20.4. The van der Waals surface area contributed by atoms with Crippen molar-refractivity contribution in [3.8, 4) is 0 Å². The van der Waals surface area contributed by atoms with Gasteiger partial charge in [0.1, 0.15) is 0 Å². The molecule has 2 fully saturated rings. The lowest BCUT2D eigenvalue weighted by molar-refractivity contribution is 0.0719. The Balaban J connectivity index is 1.09. The molecule has 0 spiro atoms. The molecule has 3 aromatic rings. The van der Waals surface area contributed by atoms with Gasteiger partial charge in [0.25, 0.3) is 0 Å². The number of aromatic nitrogens is 1. The van der Waals surface area contributed by atoms with Crippen molar-refractivity contribution < 1.29 is 9.90 Å². The van der Waals surface area contributed by atoms with E-state index >= 15 is 0 Å². The molecule has 1 aromatic heterocycles. The fraction of sp³-hybridized carbons (Fsp3) is 0.464. The molecule has 2 saturated heterocycles. The van der Waals surface area contributed by atoms with Crippen molar-refractivity contribution in [2.24, 2.45) is 5.92 Å². The lowest BCUT2D eigenvalue weighted by atomic mass is 9.86. The van der Waals surface area contributed by atoms with E-state index in [9.17, 15) is 9.90 Å². The van der Waals surface area contributed by atoms with Gasteiger partial charge in [0.15, 0.2) is 0 Å². The van der Waals surface area contributed by atoms with Gasteiger partial charge in [0.2, 0.25) is 0 Å². The topological polar surface area (TPSA) is 71.6 Å². The van der Waals surface area contributed by atoms with E-state index in [2.05, 4.69) is 45.7 Å². The Morgan fingerprint density at radius 2 is 1.78 bits per heavy atom. The molecule has 3 heterocycles. The average molecular weight is 530 g/mol. The number of H-pyrrole nitrogens is 1. The van der Waals surface area contributed by atoms with Crippen molar-refractivity contribution in [1.29, 1.82) is 0 Å². The predicted molar refractivity (Wildman–Crippen MR) is 147 cm³/mol. The molecule has 2 aliphatic rings. The van der Waals surface area contributed by atoms with Gasteiger partial charge in [0.05, 0.1) is 16.7 Å². The molecule has 0 bridgehead atoms. The van der Waals surface area contributed by atoms with Crippen LogP contribution in [0.25, 0.3) is 10.9 Å². The number of halogens is 2. The maximum Gasteiger partial charge on any atom is 0.321 e. The Morgan fingerprint density at radius 3 is 2.50 bits per heavy atom. The molecule has 2 aromatic carbocycles. The standard InChI is InChI=1S/C28H34Cl2N4O2/c29-25-6-5-21(16-26(25)30)32-28(36)34-11-7-19(8-12-34)15-22(18-35)33-13-9-20(10-14-33)24-17-31-27-4-2-1-3-23(24)27/h1-6,16-17,19-20,22,31,35H,7-15,18H2,(H,32,36). The normalized spacial score (nSPS) is 19.0. The number of hydrogen-bond donors (Lipinski definition) is 3. The first kappa shape index (κ1) is 25.4. The minimum atomic E-state index is -0.107. The number of amides is 2. The number of benzene rings is 2. The molecular formula is C28H34Cl2N4O2. The Hall–Kier alpha value is -2.25. The molecule has 1 atom stereocenters. The molecule has 2 aliphatic heterocycles. The second-order valence-electron chi connectivity index (χ2n) is 10.2. The third kappa shape index (κ3) is 5.67. The quantitative estimate of drug-likeness (QED) is 0.349. The van der Waals surface area contributed by atoms with E-state index < -0.39 is 0 Å². The first-order chi connectivity index (χ1) is 17.5. The van der Waals surface area contributed by atoms with Crippen molar-refractivity contribution in [2.45, 2.75) is 44.1 Å². The van der Waals surface area contributed by atoms with Crippen molar-refractivity contribution in [2.75, 3.05) is 38.1 Å². The lowest BCUT2D eigenvalue weighted by Crippen LogP contribution is -2.46. The highest BCUT2D eigenvalue weighted by atomic mass is 35.5. The van der Waals surface area contributed by atoms with Gasteiger partial charge >= 0.3 is 6.03 Å². The third-order valence-electron chi connectivity index (χ3n) is 8.00. The number of para-hydroxylation sites is 1. The van der Waals surface area contributed by atoms with E-state index in [0.29, 0.717) is 27.6 Å². The van der Waals surface area contributed by atoms with Crippen LogP contribution in [0.4, 0.5) is 10.5 Å². The van der Waals surface area contributed by atoms with Crippen LogP contribution in [0.15, 0.2) is 48.7 Å². The van der Waals surface area contributed by atoms with Crippen molar-refractivity contribution >= 4 is 45.8 Å². The van der Waals surface area contributed by atoms with E-state index in [4.69, 9.17) is 23.2 Å². The summed E-state index contributed by atoms with van der Waals surface area (Å²) in [7, 11) is 0. The number of rotatable bonds is 6. The lowest BCUT2D eigenvalue weighted by Gasteiger charge is -2.40. The van der Waals surface area contributed by atoms with Crippen LogP contribution in [-0.4, -0.2) is 64.7 Å². The fourth-order valence-corrected chi connectivity index (χ4v) is 6.18. The van der Waals surface area contributed by atoms with Crippen LogP contribution < -0.4 is 5.32 Å². The molecule has 0 saturated carbocycles. The van der Waals surface area contributed by atoms with E-state index in [1.165, 1.54) is 16.5 Å². The van der Waals surface area contributed by atoms with Crippen LogP contribution in [-0.2, 0) is 0 Å². The molecule has 8 heteroatoms. The zero-order valence-corrected chi connectivity index (χ0v) is 21.9. The minimum absolute atomic E-state index is 0.107. The summed E-state index contributed by atoms with van der Waals surface area (Å²) in [5.41, 5.74) is 3.28. The summed E-state index contributed by atoms with van der Waals surface area (Å²) in [6.45, 7) is 3.66. The van der Waals surface area contributed by atoms with Gasteiger partial charge in [-0.1, -0.05) is 41.4 Å². The molecule has 3 N–H and O–H groups in total. The Kier molecular flexibility index (Phi) is 8.06. The number of nitrogens with zero attached hydrogens (tertiary/aromatic N) is 2. The first-order valence-corrected chi connectivity index (χ1v) is 13.7. The third-order valence-corrected chi connectivity index (χ3v) is 8.73. The summed E-state index contributed by atoms with van der Waals surface area (Å²) in [6.07, 6.45) is 7.31. The van der Waals surface area contributed by atoms with Gasteiger partial charge in [-0.2, -0.15) is 0 Å². The first-order valence-electron chi connectivity index (χ1n) is 12.9. The van der Waals surface area contributed by atoms with Gasteiger partial charge < -0.3 is 20.3 Å². The SMILES string of the molecule is O=C(Nc1ccc(Cl)c(Cl)c1)N1CCC(CC(CO)N2CCC(c3c[nH]c4ccccc34)CC2)CC1. The number of aliphatic hydroxyl groups is 1. The van der Waals surface area contributed by atoms with Gasteiger partial charge in [0, 0.05) is 41.9 Å². The molecule has 192 valence electrons. The van der Waals surface area contributed by atoms with Gasteiger partial charge in [-0.15, -0.1) is 0 Å². The van der Waals surface area contributed by atoms with E-state index in [0.717, 1.165) is 58.3 Å². The number of fused-ring (bicyclic) bond motifs is 1. The van der Waals surface area contributed by atoms with Crippen molar-refractivity contribution in [3.63, 3.8) is 0 Å². The summed E-state index contributed by atoms with van der Waals surface area (Å²) in [5, 5.41) is 15.4. The highest BCUT2D eigenvalue weighted by Crippen LogP contribution is 2.35. The largest absolute Gasteiger partial charge is 0.395 e. The number of hydrogen-bond acceptors (Lipinski definition) is 3. The van der Waals surface area contributed by atoms with E-state index in [-0.39, 0.29) is 18.7 Å². The molecule has 36 heavy (non-hydrogen) atoms. The number of anilines is 1. The fourth-order valence-electron chi connectivity index (χ4n) is 5.88. The van der Waals surface area contributed by atoms with Crippen LogP contribution in [0.3, 0.4) is 0 Å². The Morgan fingerprint density at radius 1 is 1.03 bits per heavy atom. The Labute approximate surface area is 222 Å². The van der Waals surface area contributed by atoms with Crippen LogP contribution in [0.1, 0.15) is 43.6 Å². The summed E-state index contributed by atoms with van der Waals surface area (Å²) in [6, 6.07) is 13.7. The molecule has 0 radical (unpaired) electrons. The number of likely N-dealkylation sites (tertiary alicyclic amines) is 2. The molecular weight excluding hydrogens is 495 g/mol. The minimum Gasteiger partial charge on any atom is -0.395 e. The van der Waals surface area contributed by atoms with Gasteiger partial charge in [-0.25, -0.2) is 4.79 Å². The van der Waals surface area contributed by atoms with Gasteiger partial charge in [-0.05, 0) is 86.9 Å². The molecule has 1 unspecified atom stereocenters. The maximum absolute atomic E-state index is 12.7. The van der Waals surface area contributed by atoms with E-state index in [1.807, 2.05) is 4.90 Å². The number of urea groups is 1. The maximum atomic E-state index is 12.7. The number of piperidine rings is 2. The molecule has 5 rings (SSSR count). The highest BCUT2D eigenvalue weighted by Gasteiger charge is 2.30. The smallest absolute Gasteiger partial charge is 0.321 e. The van der Waals surface area contributed by atoms with Crippen LogP contribution in [0, 0.1) is 5.92 Å². The van der Waals surface area contributed by atoms with Crippen molar-refractivity contribution in [3.05, 3.63) is 64.3 Å². The predicted octanol–water partition coefficient (Wildman–Crippen LogP) is 6.35. The van der Waals surface area contributed by atoms with Crippen LogP contribution in [0.2, 0.25) is 10.0 Å². The second kappa shape index (κ2) is 11.4. The van der Waals surface area contributed by atoms with E-state index in [1.54, 1.807) is 18.2 Å². The molecule has 6 nitrogen and oxygen atoms in total. The highest BCUT2D eigenvalue weighted by molar-refractivity contribution is 6.42. The molecule has 2 amide bonds. The Bertz CT molecular complexity index is 1180. The summed E-state index contributed by atoms with van der Waals surface area (Å²) in [5.74, 6) is 1.08. The monoisotopic (exact) mass is 528 g/mol. The summed E-state index contributed by atoms with van der Waals surface area (Å²) < 4.78 is 0. The average Bonchev–Trinajstić information content (AvgIpc) is 3.34. The number of carbonyl (C=O) groups is 1. The van der Waals surface area contributed by atoms with Crippen LogP contribution in [0.5, 0.6) is 0 Å². The molecule has 0 aliphatic carbocycles.